The fraction of sp³-hybridized carbons (Fsp3) is 0.423. The number of carbonyl (C=O) groups excluding carboxylic acids is 2. The van der Waals surface area contributed by atoms with Crippen LogP contribution in [0.2, 0.25) is 0 Å². The monoisotopic (exact) mass is 448 g/mol. The Morgan fingerprint density at radius 3 is 2.21 bits per heavy atom. The molecular weight excluding hydrogens is 420 g/mol. The van der Waals surface area contributed by atoms with Crippen molar-refractivity contribution in [2.75, 3.05) is 19.7 Å². The number of carboxylic acid groups (broad SMARTS) is 1. The molecule has 7 nitrogen and oxygen atoms in total. The zero-order chi connectivity index (χ0) is 23.2. The van der Waals surface area contributed by atoms with Crippen LogP contribution < -0.4 is 5.32 Å². The maximum Gasteiger partial charge on any atom is 0.408 e. The Morgan fingerprint density at radius 1 is 1.03 bits per heavy atom. The van der Waals surface area contributed by atoms with Crippen LogP contribution in [0.15, 0.2) is 48.5 Å². The van der Waals surface area contributed by atoms with Gasteiger partial charge in [0.15, 0.2) is 0 Å². The van der Waals surface area contributed by atoms with Crippen molar-refractivity contribution in [3.63, 3.8) is 0 Å². The van der Waals surface area contributed by atoms with E-state index in [1.165, 1.54) is 0 Å². The zero-order valence-electron chi connectivity index (χ0n) is 18.6. The second-order valence-corrected chi connectivity index (χ2v) is 9.58. The predicted molar refractivity (Wildman–Crippen MR) is 122 cm³/mol. The highest BCUT2D eigenvalue weighted by Crippen LogP contribution is 2.45. The molecule has 172 valence electrons. The molecule has 2 N–H and O–H groups in total. The van der Waals surface area contributed by atoms with Gasteiger partial charge in [0.05, 0.1) is 6.42 Å². The Hall–Kier alpha value is -3.35. The topological polar surface area (TPSA) is 95.9 Å². The summed E-state index contributed by atoms with van der Waals surface area (Å²) in [5, 5.41) is 11.9. The highest BCUT2D eigenvalue weighted by molar-refractivity contribution is 5.93. The third-order valence-corrected chi connectivity index (χ3v) is 7.34. The SMILES string of the molecule is C[C@@H]1CN(C(=O)C2(NC(=O)OCC3c4ccccc4-c4ccccc43)CC2)C[C@H]1CC(=O)O. The van der Waals surface area contributed by atoms with Crippen molar-refractivity contribution < 1.29 is 24.2 Å². The highest BCUT2D eigenvalue weighted by Gasteiger charge is 2.55. The lowest BCUT2D eigenvalue weighted by molar-refractivity contribution is -0.139. The fourth-order valence-corrected chi connectivity index (χ4v) is 5.34. The summed E-state index contributed by atoms with van der Waals surface area (Å²) >= 11 is 0. The second kappa shape index (κ2) is 8.21. The summed E-state index contributed by atoms with van der Waals surface area (Å²) < 4.78 is 5.62. The minimum absolute atomic E-state index is 0.0368. The van der Waals surface area contributed by atoms with Gasteiger partial charge >= 0.3 is 12.1 Å². The first-order valence-electron chi connectivity index (χ1n) is 11.5. The highest BCUT2D eigenvalue weighted by atomic mass is 16.5. The van der Waals surface area contributed by atoms with Crippen LogP contribution in [0.3, 0.4) is 0 Å². The predicted octanol–water partition coefficient (Wildman–Crippen LogP) is 3.63. The molecule has 33 heavy (non-hydrogen) atoms. The van der Waals surface area contributed by atoms with Crippen molar-refractivity contribution >= 4 is 18.0 Å². The summed E-state index contributed by atoms with van der Waals surface area (Å²) in [6.45, 7) is 3.11. The van der Waals surface area contributed by atoms with Crippen LogP contribution in [0.25, 0.3) is 11.1 Å². The number of rotatable bonds is 6. The van der Waals surface area contributed by atoms with E-state index in [1.54, 1.807) is 4.90 Å². The first kappa shape index (κ1) is 21.5. The van der Waals surface area contributed by atoms with Gasteiger partial charge in [-0.05, 0) is 46.9 Å². The summed E-state index contributed by atoms with van der Waals surface area (Å²) in [4.78, 5) is 38.6. The molecule has 7 heteroatoms. The van der Waals surface area contributed by atoms with Crippen LogP contribution >= 0.6 is 0 Å². The van der Waals surface area contributed by atoms with Crippen LogP contribution in [-0.2, 0) is 14.3 Å². The van der Waals surface area contributed by atoms with Crippen molar-refractivity contribution in [1.29, 1.82) is 0 Å². The smallest absolute Gasteiger partial charge is 0.408 e. The Balaban J connectivity index is 1.22. The molecule has 2 aromatic carbocycles. The Kier molecular flexibility index (Phi) is 5.35. The lowest BCUT2D eigenvalue weighted by atomic mass is 9.95. The van der Waals surface area contributed by atoms with Crippen molar-refractivity contribution in [2.45, 2.75) is 37.6 Å². The van der Waals surface area contributed by atoms with Gasteiger partial charge in [0.1, 0.15) is 12.1 Å². The van der Waals surface area contributed by atoms with E-state index in [2.05, 4.69) is 29.6 Å². The van der Waals surface area contributed by atoms with Crippen molar-refractivity contribution in [3.05, 3.63) is 59.7 Å². The van der Waals surface area contributed by atoms with Crippen LogP contribution in [0.5, 0.6) is 0 Å². The number of nitrogens with zero attached hydrogens (tertiary/aromatic N) is 1. The van der Waals surface area contributed by atoms with Crippen LogP contribution in [0, 0.1) is 11.8 Å². The molecule has 0 bridgehead atoms. The molecule has 1 aliphatic heterocycles. The number of nitrogens with one attached hydrogen (secondary N) is 1. The number of carbonyl (C=O) groups is 3. The van der Waals surface area contributed by atoms with Crippen molar-refractivity contribution in [1.82, 2.24) is 10.2 Å². The number of hydrogen-bond acceptors (Lipinski definition) is 4. The van der Waals surface area contributed by atoms with Gasteiger partial charge in [-0.1, -0.05) is 55.5 Å². The largest absolute Gasteiger partial charge is 0.481 e. The number of hydrogen-bond donors (Lipinski definition) is 2. The summed E-state index contributed by atoms with van der Waals surface area (Å²) in [6, 6.07) is 16.3. The molecule has 2 fully saturated rings. The number of carboxylic acids is 1. The molecular formula is C26H28N2O5. The summed E-state index contributed by atoms with van der Waals surface area (Å²) in [7, 11) is 0. The number of likely N-dealkylation sites (tertiary alicyclic amines) is 1. The molecule has 1 heterocycles. The van der Waals surface area contributed by atoms with E-state index in [0.29, 0.717) is 25.9 Å². The van der Waals surface area contributed by atoms with E-state index in [9.17, 15) is 14.4 Å². The van der Waals surface area contributed by atoms with Gasteiger partial charge in [-0.3, -0.25) is 9.59 Å². The Labute approximate surface area is 192 Å². The summed E-state index contributed by atoms with van der Waals surface area (Å²) in [5.41, 5.74) is 3.68. The molecule has 1 saturated heterocycles. The van der Waals surface area contributed by atoms with Gasteiger partial charge in [0, 0.05) is 19.0 Å². The second-order valence-electron chi connectivity index (χ2n) is 9.58. The normalized spacial score (nSPS) is 22.4. The maximum atomic E-state index is 13.1. The van der Waals surface area contributed by atoms with E-state index in [0.717, 1.165) is 22.3 Å². The third kappa shape index (κ3) is 3.96. The van der Waals surface area contributed by atoms with E-state index in [4.69, 9.17) is 9.84 Å². The average Bonchev–Trinajstić information content (AvgIpc) is 3.39. The quantitative estimate of drug-likeness (QED) is 0.704. The van der Waals surface area contributed by atoms with E-state index >= 15 is 0 Å². The van der Waals surface area contributed by atoms with Gasteiger partial charge in [0.2, 0.25) is 5.91 Å². The van der Waals surface area contributed by atoms with Crippen molar-refractivity contribution in [3.8, 4) is 11.1 Å². The number of aliphatic carboxylic acids is 1. The average molecular weight is 449 g/mol. The summed E-state index contributed by atoms with van der Waals surface area (Å²) in [5.74, 6) is -0.952. The first-order chi connectivity index (χ1) is 15.9. The van der Waals surface area contributed by atoms with Crippen LogP contribution in [0.4, 0.5) is 4.79 Å². The van der Waals surface area contributed by atoms with Gasteiger partial charge in [-0.25, -0.2) is 4.79 Å². The number of fused-ring (bicyclic) bond motifs is 3. The van der Waals surface area contributed by atoms with Gasteiger partial charge in [-0.2, -0.15) is 0 Å². The lowest BCUT2D eigenvalue weighted by Crippen LogP contribution is -2.50. The minimum Gasteiger partial charge on any atom is -0.481 e. The van der Waals surface area contributed by atoms with Gasteiger partial charge in [-0.15, -0.1) is 0 Å². The molecule has 2 aliphatic carbocycles. The van der Waals surface area contributed by atoms with Gasteiger partial charge < -0.3 is 20.1 Å². The molecule has 2 amide bonds. The molecule has 2 aromatic rings. The van der Waals surface area contributed by atoms with Crippen LogP contribution in [0.1, 0.15) is 43.2 Å². The molecule has 1 saturated carbocycles. The number of ether oxygens (including phenoxy) is 1. The number of amides is 2. The number of alkyl carbamates (subject to hydrolysis) is 1. The van der Waals surface area contributed by atoms with E-state index in [-0.39, 0.29) is 36.7 Å². The van der Waals surface area contributed by atoms with E-state index < -0.39 is 17.6 Å². The first-order valence-corrected chi connectivity index (χ1v) is 11.5. The molecule has 0 radical (unpaired) electrons. The molecule has 0 unspecified atom stereocenters. The molecule has 0 spiro atoms. The fourth-order valence-electron chi connectivity index (χ4n) is 5.34. The molecule has 0 aromatic heterocycles. The third-order valence-electron chi connectivity index (χ3n) is 7.34. The molecule has 2 atom stereocenters. The number of benzene rings is 2. The van der Waals surface area contributed by atoms with Crippen LogP contribution in [-0.4, -0.2) is 53.2 Å². The Morgan fingerprint density at radius 2 is 1.64 bits per heavy atom. The van der Waals surface area contributed by atoms with E-state index in [1.807, 2.05) is 31.2 Å². The van der Waals surface area contributed by atoms with Gasteiger partial charge in [0.25, 0.3) is 0 Å². The minimum atomic E-state index is -0.916. The molecule has 3 aliphatic rings. The standard InChI is InChI=1S/C26H28N2O5/c1-16-13-28(14-17(16)12-23(29)30)24(31)26(10-11-26)27-25(32)33-15-22-20-8-4-2-6-18(20)19-7-3-5-9-21(19)22/h2-9,16-17,22H,10-15H2,1H3,(H,27,32)(H,29,30)/t16-,17-/m1/s1. The summed E-state index contributed by atoms with van der Waals surface area (Å²) in [6.07, 6.45) is 0.615. The lowest BCUT2D eigenvalue weighted by Gasteiger charge is -2.24. The maximum absolute atomic E-state index is 13.1. The Bertz CT molecular complexity index is 1060. The molecule has 5 rings (SSSR count). The van der Waals surface area contributed by atoms with Crippen molar-refractivity contribution in [2.24, 2.45) is 11.8 Å². The zero-order valence-corrected chi connectivity index (χ0v) is 18.6.